The predicted molar refractivity (Wildman–Crippen MR) is 95.6 cm³/mol. The van der Waals surface area contributed by atoms with E-state index in [0.29, 0.717) is 0 Å². The van der Waals surface area contributed by atoms with Crippen molar-refractivity contribution in [3.05, 3.63) is 59.7 Å². The molecule has 0 amide bonds. The molecule has 1 aliphatic rings. The molecule has 1 aliphatic carbocycles. The van der Waals surface area contributed by atoms with Crippen molar-refractivity contribution in [3.8, 4) is 11.1 Å². The van der Waals surface area contributed by atoms with Gasteiger partial charge in [-0.3, -0.25) is 4.79 Å². The average molecular weight is 359 g/mol. The van der Waals surface area contributed by atoms with Gasteiger partial charge in [0.15, 0.2) is 6.10 Å². The first kappa shape index (κ1) is 17.5. The number of hydrogen-bond donors (Lipinski definition) is 0. The molecule has 5 heteroatoms. The molecule has 1 atom stereocenters. The third kappa shape index (κ3) is 3.54. The van der Waals surface area contributed by atoms with Crippen LogP contribution < -0.4 is 0 Å². The summed E-state index contributed by atoms with van der Waals surface area (Å²) in [5.74, 6) is -0.269. The highest BCUT2D eigenvalue weighted by atomic mass is 35.5. The molecule has 0 radical (unpaired) electrons. The van der Waals surface area contributed by atoms with Crippen LogP contribution in [0.2, 0.25) is 0 Å². The monoisotopic (exact) mass is 358 g/mol. The standard InChI is InChI=1S/C20H19ClO4/c1-12(2)18(19(21)22)25-20(23)24-11-17-15-9-5-3-7-13(15)14-8-4-6-10-16(14)17/h3-10,12,17-18H,11H2,1-2H3/t18-/m0/s1. The summed E-state index contributed by atoms with van der Waals surface area (Å²) in [6, 6.07) is 16.1. The molecule has 130 valence electrons. The van der Waals surface area contributed by atoms with Gasteiger partial charge in [-0.1, -0.05) is 62.4 Å². The lowest BCUT2D eigenvalue weighted by Gasteiger charge is -2.18. The average Bonchev–Trinajstić information content (AvgIpc) is 2.91. The Kier molecular flexibility index (Phi) is 5.09. The van der Waals surface area contributed by atoms with Gasteiger partial charge in [0.25, 0.3) is 5.24 Å². The minimum atomic E-state index is -1.00. The van der Waals surface area contributed by atoms with E-state index in [1.165, 1.54) is 0 Å². The second kappa shape index (κ2) is 7.28. The van der Waals surface area contributed by atoms with Gasteiger partial charge in [0.2, 0.25) is 0 Å². The van der Waals surface area contributed by atoms with E-state index in [1.54, 1.807) is 13.8 Å². The Morgan fingerprint density at radius 3 is 2.00 bits per heavy atom. The first-order chi connectivity index (χ1) is 12.0. The topological polar surface area (TPSA) is 52.6 Å². The third-order valence-corrected chi connectivity index (χ3v) is 4.60. The van der Waals surface area contributed by atoms with Crippen LogP contribution in [0.4, 0.5) is 4.79 Å². The molecule has 0 heterocycles. The van der Waals surface area contributed by atoms with Crippen molar-refractivity contribution in [3.63, 3.8) is 0 Å². The van der Waals surface area contributed by atoms with Gasteiger partial charge in [0.1, 0.15) is 6.61 Å². The molecule has 0 aliphatic heterocycles. The first-order valence-electron chi connectivity index (χ1n) is 8.20. The fraction of sp³-hybridized carbons (Fsp3) is 0.300. The van der Waals surface area contributed by atoms with E-state index < -0.39 is 17.5 Å². The van der Waals surface area contributed by atoms with Gasteiger partial charge in [-0.25, -0.2) is 4.79 Å². The van der Waals surface area contributed by atoms with Crippen molar-refractivity contribution in [2.24, 2.45) is 5.92 Å². The summed E-state index contributed by atoms with van der Waals surface area (Å²) in [5.41, 5.74) is 4.53. The van der Waals surface area contributed by atoms with Crippen LogP contribution in [0, 0.1) is 5.92 Å². The zero-order valence-electron chi connectivity index (χ0n) is 14.1. The normalized spacial score (nSPS) is 13.9. The summed E-state index contributed by atoms with van der Waals surface area (Å²) in [4.78, 5) is 23.3. The molecule has 4 nitrogen and oxygen atoms in total. The highest BCUT2D eigenvalue weighted by Gasteiger charge is 2.30. The second-order valence-electron chi connectivity index (χ2n) is 6.37. The van der Waals surface area contributed by atoms with Gasteiger partial charge in [-0.05, 0) is 39.8 Å². The van der Waals surface area contributed by atoms with E-state index in [1.807, 2.05) is 36.4 Å². The maximum absolute atomic E-state index is 12.0. The molecule has 0 N–H and O–H groups in total. The molecule has 0 bridgehead atoms. The van der Waals surface area contributed by atoms with Crippen LogP contribution in [0.25, 0.3) is 11.1 Å². The third-order valence-electron chi connectivity index (χ3n) is 4.38. The number of benzene rings is 2. The molecule has 0 saturated carbocycles. The van der Waals surface area contributed by atoms with Gasteiger partial charge in [0, 0.05) is 5.92 Å². The van der Waals surface area contributed by atoms with E-state index >= 15 is 0 Å². The summed E-state index contributed by atoms with van der Waals surface area (Å²) in [6.07, 6.45) is -1.88. The molecular weight excluding hydrogens is 340 g/mol. The van der Waals surface area contributed by atoms with Crippen LogP contribution in [-0.4, -0.2) is 24.1 Å². The number of carbonyl (C=O) groups is 2. The Morgan fingerprint density at radius 1 is 1.00 bits per heavy atom. The van der Waals surface area contributed by atoms with E-state index in [2.05, 4.69) is 12.1 Å². The van der Waals surface area contributed by atoms with Crippen LogP contribution in [-0.2, 0) is 14.3 Å². The van der Waals surface area contributed by atoms with E-state index in [9.17, 15) is 9.59 Å². The molecule has 0 unspecified atom stereocenters. The van der Waals surface area contributed by atoms with Gasteiger partial charge in [-0.2, -0.15) is 0 Å². The van der Waals surface area contributed by atoms with Crippen LogP contribution in [0.15, 0.2) is 48.5 Å². The molecule has 2 aromatic rings. The Morgan fingerprint density at radius 2 is 1.52 bits per heavy atom. The number of fused-ring (bicyclic) bond motifs is 3. The molecule has 25 heavy (non-hydrogen) atoms. The van der Waals surface area contributed by atoms with Crippen LogP contribution in [0.3, 0.4) is 0 Å². The molecular formula is C20H19ClO4. The number of rotatable bonds is 5. The lowest BCUT2D eigenvalue weighted by Crippen LogP contribution is -2.30. The highest BCUT2D eigenvalue weighted by molar-refractivity contribution is 6.64. The van der Waals surface area contributed by atoms with Crippen molar-refractivity contribution in [1.82, 2.24) is 0 Å². The van der Waals surface area contributed by atoms with Crippen molar-refractivity contribution in [2.45, 2.75) is 25.9 Å². The minimum Gasteiger partial charge on any atom is -0.433 e. The molecule has 3 rings (SSSR count). The zero-order chi connectivity index (χ0) is 18.0. The summed E-state index contributed by atoms with van der Waals surface area (Å²) in [6.45, 7) is 3.65. The fourth-order valence-electron chi connectivity index (χ4n) is 3.17. The number of carbonyl (C=O) groups excluding carboxylic acids is 2. The fourth-order valence-corrected chi connectivity index (χ4v) is 3.47. The Labute approximate surface area is 151 Å². The lowest BCUT2D eigenvalue weighted by atomic mass is 9.98. The first-order valence-corrected chi connectivity index (χ1v) is 8.57. The Balaban J connectivity index is 1.73. The zero-order valence-corrected chi connectivity index (χ0v) is 14.8. The Bertz CT molecular complexity index is 754. The minimum absolute atomic E-state index is 0.0517. The summed E-state index contributed by atoms with van der Waals surface area (Å²) in [5, 5.41) is -0.705. The molecule has 0 saturated heterocycles. The van der Waals surface area contributed by atoms with Crippen molar-refractivity contribution in [2.75, 3.05) is 6.61 Å². The number of hydrogen-bond acceptors (Lipinski definition) is 4. The maximum atomic E-state index is 12.0. The van der Waals surface area contributed by atoms with Crippen molar-refractivity contribution < 1.29 is 19.1 Å². The predicted octanol–water partition coefficient (Wildman–Crippen LogP) is 4.74. The van der Waals surface area contributed by atoms with Crippen LogP contribution >= 0.6 is 11.6 Å². The summed E-state index contributed by atoms with van der Waals surface area (Å²) in [7, 11) is 0. The van der Waals surface area contributed by atoms with E-state index in [0.717, 1.165) is 22.3 Å². The number of halogens is 1. The van der Waals surface area contributed by atoms with Crippen molar-refractivity contribution >= 4 is 23.0 Å². The van der Waals surface area contributed by atoms with Gasteiger partial charge >= 0.3 is 6.16 Å². The van der Waals surface area contributed by atoms with Gasteiger partial charge < -0.3 is 9.47 Å². The molecule has 0 aromatic heterocycles. The van der Waals surface area contributed by atoms with E-state index in [-0.39, 0.29) is 18.4 Å². The Hall–Kier alpha value is -2.33. The van der Waals surface area contributed by atoms with Crippen LogP contribution in [0.5, 0.6) is 0 Å². The second-order valence-corrected chi connectivity index (χ2v) is 6.75. The quantitative estimate of drug-likeness (QED) is 0.572. The highest BCUT2D eigenvalue weighted by Crippen LogP contribution is 2.44. The smallest absolute Gasteiger partial charge is 0.433 e. The maximum Gasteiger partial charge on any atom is 0.509 e. The van der Waals surface area contributed by atoms with Gasteiger partial charge in [0.05, 0.1) is 0 Å². The van der Waals surface area contributed by atoms with Gasteiger partial charge in [-0.15, -0.1) is 0 Å². The molecule has 2 aromatic carbocycles. The lowest BCUT2D eigenvalue weighted by molar-refractivity contribution is -0.123. The van der Waals surface area contributed by atoms with Crippen molar-refractivity contribution in [1.29, 1.82) is 0 Å². The van der Waals surface area contributed by atoms with E-state index in [4.69, 9.17) is 21.1 Å². The number of ether oxygens (including phenoxy) is 2. The largest absolute Gasteiger partial charge is 0.509 e. The summed E-state index contributed by atoms with van der Waals surface area (Å²) >= 11 is 5.47. The SMILES string of the molecule is CC(C)[C@H](OC(=O)OCC1c2ccccc2-c2ccccc21)C(=O)Cl. The van der Waals surface area contributed by atoms with Crippen LogP contribution in [0.1, 0.15) is 30.9 Å². The molecule has 0 spiro atoms. The summed E-state index contributed by atoms with van der Waals surface area (Å²) < 4.78 is 10.4. The molecule has 0 fully saturated rings.